The fraction of sp³-hybridized carbons (Fsp3) is 0.375. The van der Waals surface area contributed by atoms with E-state index in [1.165, 1.54) is 21.3 Å². The third-order valence-corrected chi connectivity index (χ3v) is 8.05. The monoisotopic (exact) mass is 484 g/mol. The van der Waals surface area contributed by atoms with Gasteiger partial charge < -0.3 is 14.6 Å². The van der Waals surface area contributed by atoms with Crippen molar-refractivity contribution < 1.29 is 22.4 Å². The molecule has 10 heteroatoms. The van der Waals surface area contributed by atoms with E-state index in [4.69, 9.17) is 4.42 Å². The first-order valence-electron chi connectivity index (χ1n) is 11.4. The molecule has 1 atom stereocenters. The minimum absolute atomic E-state index is 0.0809. The summed E-state index contributed by atoms with van der Waals surface area (Å²) in [5.74, 6) is -0.327. The molecule has 0 radical (unpaired) electrons. The van der Waals surface area contributed by atoms with Crippen molar-refractivity contribution >= 4 is 44.3 Å². The lowest BCUT2D eigenvalue weighted by Gasteiger charge is -2.20. The van der Waals surface area contributed by atoms with Gasteiger partial charge in [-0.1, -0.05) is 20.8 Å². The molecule has 1 unspecified atom stereocenters. The number of carbonyl (C=O) groups is 2. The van der Waals surface area contributed by atoms with Crippen LogP contribution < -0.4 is 10.2 Å². The Morgan fingerprint density at radius 1 is 1.15 bits per heavy atom. The Morgan fingerprint density at radius 3 is 2.50 bits per heavy atom. The normalized spacial score (nSPS) is 16.5. The van der Waals surface area contributed by atoms with Gasteiger partial charge in [0.2, 0.25) is 21.8 Å². The highest BCUT2D eigenvalue weighted by molar-refractivity contribution is 7.89. The Kier molecular flexibility index (Phi) is 6.72. The van der Waals surface area contributed by atoms with Gasteiger partial charge in [-0.25, -0.2) is 13.4 Å². The van der Waals surface area contributed by atoms with Crippen LogP contribution in [0.1, 0.15) is 33.1 Å². The standard InChI is InChI=1S/C24H28N4O5S/c1-4-22-26-20-14-17(7-12-21(20)33-22)25-24(30)16-13-23(29)28(15-16)18-8-10-19(11-9-18)34(31,32)27(5-2)6-3/h7-12,14,16H,4-6,13,15H2,1-3H3,(H,25,30). The maximum absolute atomic E-state index is 12.8. The summed E-state index contributed by atoms with van der Waals surface area (Å²) < 4.78 is 32.3. The highest BCUT2D eigenvalue weighted by atomic mass is 32.2. The number of aromatic nitrogens is 1. The second-order valence-electron chi connectivity index (χ2n) is 8.12. The number of rotatable bonds is 8. The predicted octanol–water partition coefficient (Wildman–Crippen LogP) is 3.41. The van der Waals surface area contributed by atoms with Gasteiger partial charge in [0.1, 0.15) is 5.52 Å². The zero-order valence-corrected chi connectivity index (χ0v) is 20.3. The molecule has 9 nitrogen and oxygen atoms in total. The van der Waals surface area contributed by atoms with Gasteiger partial charge in [-0.05, 0) is 42.5 Å². The number of aryl methyl sites for hydroxylation is 1. The lowest BCUT2D eigenvalue weighted by atomic mass is 10.1. The third kappa shape index (κ3) is 4.55. The quantitative estimate of drug-likeness (QED) is 0.524. The van der Waals surface area contributed by atoms with Crippen molar-refractivity contribution in [2.75, 3.05) is 29.9 Å². The first-order valence-corrected chi connectivity index (χ1v) is 12.8. The van der Waals surface area contributed by atoms with E-state index in [2.05, 4.69) is 10.3 Å². The van der Waals surface area contributed by atoms with Crippen LogP contribution in [0.15, 0.2) is 51.8 Å². The summed E-state index contributed by atoms with van der Waals surface area (Å²) in [5, 5.41) is 2.87. The van der Waals surface area contributed by atoms with Gasteiger partial charge in [0.05, 0.1) is 10.8 Å². The third-order valence-electron chi connectivity index (χ3n) is 5.99. The fourth-order valence-corrected chi connectivity index (χ4v) is 5.55. The first kappa shape index (κ1) is 23.9. The summed E-state index contributed by atoms with van der Waals surface area (Å²) in [6.45, 7) is 6.51. The van der Waals surface area contributed by atoms with Crippen molar-refractivity contribution in [2.45, 2.75) is 38.5 Å². The second kappa shape index (κ2) is 9.55. The van der Waals surface area contributed by atoms with Crippen LogP contribution in [0.5, 0.6) is 0 Å². The average molecular weight is 485 g/mol. The zero-order chi connectivity index (χ0) is 24.5. The number of anilines is 2. The smallest absolute Gasteiger partial charge is 0.243 e. The predicted molar refractivity (Wildman–Crippen MR) is 129 cm³/mol. The number of nitrogens with one attached hydrogen (secondary N) is 1. The van der Waals surface area contributed by atoms with Gasteiger partial charge in [-0.2, -0.15) is 4.31 Å². The number of amides is 2. The summed E-state index contributed by atoms with van der Waals surface area (Å²) in [5.41, 5.74) is 2.47. The van der Waals surface area contributed by atoms with E-state index >= 15 is 0 Å². The van der Waals surface area contributed by atoms with Gasteiger partial charge in [0.25, 0.3) is 0 Å². The first-order chi connectivity index (χ1) is 16.3. The number of carbonyl (C=O) groups excluding carboxylic acids is 2. The Hall–Kier alpha value is -3.24. The van der Waals surface area contributed by atoms with Crippen LogP contribution in [-0.2, 0) is 26.0 Å². The molecule has 2 aromatic carbocycles. The molecule has 0 bridgehead atoms. The van der Waals surface area contributed by atoms with Gasteiger partial charge >= 0.3 is 0 Å². The summed E-state index contributed by atoms with van der Waals surface area (Å²) in [6.07, 6.45) is 0.760. The molecule has 3 aromatic rings. The van der Waals surface area contributed by atoms with Crippen molar-refractivity contribution in [1.29, 1.82) is 0 Å². The number of oxazole rings is 1. The largest absolute Gasteiger partial charge is 0.441 e. The van der Waals surface area contributed by atoms with Crippen LogP contribution in [-0.4, -0.2) is 49.2 Å². The van der Waals surface area contributed by atoms with Gasteiger partial charge in [-0.3, -0.25) is 9.59 Å². The molecule has 0 saturated carbocycles. The second-order valence-corrected chi connectivity index (χ2v) is 10.1. The van der Waals surface area contributed by atoms with E-state index in [9.17, 15) is 18.0 Å². The van der Waals surface area contributed by atoms with Crippen molar-refractivity contribution in [3.63, 3.8) is 0 Å². The minimum Gasteiger partial charge on any atom is -0.441 e. The van der Waals surface area contributed by atoms with E-state index in [-0.39, 0.29) is 29.7 Å². The van der Waals surface area contributed by atoms with E-state index < -0.39 is 15.9 Å². The van der Waals surface area contributed by atoms with E-state index in [0.717, 1.165) is 0 Å². The molecule has 1 saturated heterocycles. The topological polar surface area (TPSA) is 113 Å². The minimum atomic E-state index is -3.58. The SMILES string of the molecule is CCc1nc2cc(NC(=O)C3CC(=O)N(c4ccc(S(=O)(=O)N(CC)CC)cc4)C3)ccc2o1. The molecule has 1 fully saturated rings. The number of fused-ring (bicyclic) bond motifs is 1. The van der Waals surface area contributed by atoms with E-state index in [1.54, 1.807) is 44.2 Å². The van der Waals surface area contributed by atoms with Crippen LogP contribution in [0.2, 0.25) is 0 Å². The van der Waals surface area contributed by atoms with Crippen LogP contribution >= 0.6 is 0 Å². The maximum Gasteiger partial charge on any atom is 0.243 e. The number of benzene rings is 2. The van der Waals surface area contributed by atoms with Crippen molar-refractivity contribution in [3.8, 4) is 0 Å². The molecule has 2 heterocycles. The lowest BCUT2D eigenvalue weighted by Crippen LogP contribution is -2.31. The Balaban J connectivity index is 1.45. The summed E-state index contributed by atoms with van der Waals surface area (Å²) >= 11 is 0. The highest BCUT2D eigenvalue weighted by Crippen LogP contribution is 2.28. The molecule has 0 spiro atoms. The number of nitrogens with zero attached hydrogens (tertiary/aromatic N) is 3. The molecule has 180 valence electrons. The molecule has 1 aliphatic rings. The fourth-order valence-electron chi connectivity index (χ4n) is 4.09. The molecule has 1 aromatic heterocycles. The van der Waals surface area contributed by atoms with Crippen molar-refractivity contribution in [1.82, 2.24) is 9.29 Å². The molecule has 0 aliphatic carbocycles. The summed E-state index contributed by atoms with van der Waals surface area (Å²) in [7, 11) is -3.58. The highest BCUT2D eigenvalue weighted by Gasteiger charge is 2.35. The lowest BCUT2D eigenvalue weighted by molar-refractivity contribution is -0.122. The van der Waals surface area contributed by atoms with E-state index in [0.29, 0.717) is 47.9 Å². The molecule has 1 N–H and O–H groups in total. The molecular weight excluding hydrogens is 456 g/mol. The number of hydrogen-bond donors (Lipinski definition) is 1. The Bertz CT molecular complexity index is 1310. The van der Waals surface area contributed by atoms with Crippen LogP contribution in [0.25, 0.3) is 11.1 Å². The van der Waals surface area contributed by atoms with Gasteiger partial charge in [-0.15, -0.1) is 0 Å². The number of hydrogen-bond acceptors (Lipinski definition) is 6. The zero-order valence-electron chi connectivity index (χ0n) is 19.4. The Labute approximate surface area is 198 Å². The van der Waals surface area contributed by atoms with Gasteiger partial charge in [0.15, 0.2) is 11.5 Å². The molecule has 4 rings (SSSR count). The van der Waals surface area contributed by atoms with E-state index in [1.807, 2.05) is 6.92 Å². The number of sulfonamides is 1. The van der Waals surface area contributed by atoms with Gasteiger partial charge in [0, 0.05) is 43.9 Å². The molecule has 2 amide bonds. The van der Waals surface area contributed by atoms with Crippen molar-refractivity contribution in [2.24, 2.45) is 5.92 Å². The maximum atomic E-state index is 12.8. The van der Waals surface area contributed by atoms with Crippen LogP contribution in [0.4, 0.5) is 11.4 Å². The summed E-state index contributed by atoms with van der Waals surface area (Å²) in [4.78, 5) is 31.6. The molecular formula is C24H28N4O5S. The summed E-state index contributed by atoms with van der Waals surface area (Å²) in [6, 6.07) is 11.5. The Morgan fingerprint density at radius 2 is 1.85 bits per heavy atom. The molecule has 1 aliphatic heterocycles. The molecule has 34 heavy (non-hydrogen) atoms. The van der Waals surface area contributed by atoms with Crippen LogP contribution in [0, 0.1) is 5.92 Å². The van der Waals surface area contributed by atoms with Crippen molar-refractivity contribution in [3.05, 3.63) is 48.4 Å². The van der Waals surface area contributed by atoms with Crippen LogP contribution in [0.3, 0.4) is 0 Å². The average Bonchev–Trinajstić information content (AvgIpc) is 3.42.